The third-order valence-electron chi connectivity index (χ3n) is 4.71. The predicted octanol–water partition coefficient (Wildman–Crippen LogP) is 3.03. The highest BCUT2D eigenvalue weighted by Gasteiger charge is 2.31. The summed E-state index contributed by atoms with van der Waals surface area (Å²) in [6, 6.07) is 4.56. The molecule has 2 fully saturated rings. The van der Waals surface area contributed by atoms with E-state index in [1.165, 1.54) is 12.1 Å². The Morgan fingerprint density at radius 1 is 1.12 bits per heavy atom. The number of nitrogens with one attached hydrogen (secondary N) is 1. The molecule has 1 unspecified atom stereocenters. The summed E-state index contributed by atoms with van der Waals surface area (Å²) in [6.07, 6.45) is -2.41. The number of rotatable bonds is 2. The number of amides is 2. The van der Waals surface area contributed by atoms with E-state index < -0.39 is 11.7 Å². The van der Waals surface area contributed by atoms with Gasteiger partial charge < -0.3 is 15.0 Å². The Morgan fingerprint density at radius 2 is 1.80 bits per heavy atom. The van der Waals surface area contributed by atoms with Crippen molar-refractivity contribution in [2.24, 2.45) is 0 Å². The van der Waals surface area contributed by atoms with Crippen LogP contribution in [0.4, 0.5) is 23.7 Å². The first-order chi connectivity index (χ1) is 11.9. The number of likely N-dealkylation sites (tertiary alicyclic amines) is 1. The molecule has 8 heteroatoms. The number of morpholine rings is 1. The zero-order chi connectivity index (χ0) is 17.9. The second-order valence-electron chi connectivity index (χ2n) is 6.40. The molecule has 3 rings (SSSR count). The number of hydrogen-bond donors (Lipinski definition) is 1. The summed E-state index contributed by atoms with van der Waals surface area (Å²) in [5.74, 6) is 0. The summed E-state index contributed by atoms with van der Waals surface area (Å²) in [7, 11) is 0. The maximum Gasteiger partial charge on any atom is 0.416 e. The van der Waals surface area contributed by atoms with Crippen LogP contribution in [-0.4, -0.2) is 61.3 Å². The largest absolute Gasteiger partial charge is 0.416 e. The number of ether oxygens (including phenoxy) is 1. The monoisotopic (exact) mass is 357 g/mol. The number of halogens is 3. The zero-order valence-corrected chi connectivity index (χ0v) is 13.9. The first kappa shape index (κ1) is 18.0. The lowest BCUT2D eigenvalue weighted by atomic mass is 10.0. The fourth-order valence-corrected chi connectivity index (χ4v) is 3.32. The lowest BCUT2D eigenvalue weighted by Gasteiger charge is -2.40. The minimum absolute atomic E-state index is 0.266. The normalized spacial score (nSPS) is 22.7. The van der Waals surface area contributed by atoms with Crippen LogP contribution in [0.5, 0.6) is 0 Å². The summed E-state index contributed by atoms with van der Waals surface area (Å²) in [5, 5.41) is 2.69. The maximum atomic E-state index is 12.6. The third-order valence-corrected chi connectivity index (χ3v) is 4.71. The summed E-state index contributed by atoms with van der Waals surface area (Å²) in [5.41, 5.74) is -0.359. The Bertz CT molecular complexity index is 586. The Kier molecular flexibility index (Phi) is 5.48. The van der Waals surface area contributed by atoms with E-state index in [9.17, 15) is 18.0 Å². The van der Waals surface area contributed by atoms with E-state index in [1.54, 1.807) is 4.90 Å². The summed E-state index contributed by atoms with van der Waals surface area (Å²) < 4.78 is 43.1. The molecule has 0 aliphatic carbocycles. The van der Waals surface area contributed by atoms with Crippen molar-refractivity contribution in [1.29, 1.82) is 0 Å². The van der Waals surface area contributed by atoms with E-state index in [-0.39, 0.29) is 6.03 Å². The van der Waals surface area contributed by atoms with E-state index in [2.05, 4.69) is 10.2 Å². The van der Waals surface area contributed by atoms with Gasteiger partial charge in [0.2, 0.25) is 0 Å². The summed E-state index contributed by atoms with van der Waals surface area (Å²) in [4.78, 5) is 16.5. The van der Waals surface area contributed by atoms with Crippen molar-refractivity contribution in [2.45, 2.75) is 25.1 Å². The quantitative estimate of drug-likeness (QED) is 0.885. The van der Waals surface area contributed by atoms with Crippen molar-refractivity contribution < 1.29 is 22.7 Å². The van der Waals surface area contributed by atoms with Gasteiger partial charge in [0.1, 0.15) is 0 Å². The van der Waals surface area contributed by atoms with Crippen molar-refractivity contribution >= 4 is 11.7 Å². The van der Waals surface area contributed by atoms with Crippen LogP contribution in [0.1, 0.15) is 18.4 Å². The average Bonchev–Trinajstić information content (AvgIpc) is 2.62. The first-order valence-electron chi connectivity index (χ1n) is 8.48. The number of urea groups is 1. The number of hydrogen-bond acceptors (Lipinski definition) is 3. The average molecular weight is 357 g/mol. The molecular weight excluding hydrogens is 335 g/mol. The van der Waals surface area contributed by atoms with Crippen molar-refractivity contribution in [1.82, 2.24) is 9.80 Å². The predicted molar refractivity (Wildman–Crippen MR) is 87.4 cm³/mol. The smallest absolute Gasteiger partial charge is 0.379 e. The first-order valence-corrected chi connectivity index (χ1v) is 8.48. The summed E-state index contributed by atoms with van der Waals surface area (Å²) >= 11 is 0. The molecule has 5 nitrogen and oxygen atoms in total. The molecule has 0 spiro atoms. The minimum Gasteiger partial charge on any atom is -0.379 e. The second kappa shape index (κ2) is 7.61. The molecule has 2 heterocycles. The van der Waals surface area contributed by atoms with Crippen molar-refractivity contribution in [3.8, 4) is 0 Å². The Morgan fingerprint density at radius 3 is 2.44 bits per heavy atom. The van der Waals surface area contributed by atoms with Crippen molar-refractivity contribution in [3.05, 3.63) is 29.8 Å². The molecule has 2 aliphatic rings. The zero-order valence-electron chi connectivity index (χ0n) is 13.9. The fraction of sp³-hybridized carbons (Fsp3) is 0.588. The van der Waals surface area contributed by atoms with E-state index in [1.807, 2.05) is 0 Å². The van der Waals surface area contributed by atoms with Gasteiger partial charge in [-0.1, -0.05) is 0 Å². The molecule has 0 bridgehead atoms. The Labute approximate surface area is 144 Å². The van der Waals surface area contributed by atoms with Gasteiger partial charge in [-0.05, 0) is 37.1 Å². The number of nitrogens with zero attached hydrogens (tertiary/aromatic N) is 2. The molecule has 1 aromatic rings. The van der Waals surface area contributed by atoms with Gasteiger partial charge in [-0.2, -0.15) is 13.2 Å². The van der Waals surface area contributed by atoms with E-state index in [0.717, 1.165) is 38.1 Å². The van der Waals surface area contributed by atoms with E-state index >= 15 is 0 Å². The van der Waals surface area contributed by atoms with Crippen LogP contribution in [0.25, 0.3) is 0 Å². The van der Waals surface area contributed by atoms with Crippen LogP contribution < -0.4 is 5.32 Å². The van der Waals surface area contributed by atoms with Gasteiger partial charge in [-0.25, -0.2) is 4.79 Å². The molecule has 1 atom stereocenters. The molecule has 2 amide bonds. The van der Waals surface area contributed by atoms with Crippen LogP contribution in [0.3, 0.4) is 0 Å². The molecular formula is C17H22F3N3O2. The van der Waals surface area contributed by atoms with E-state index in [4.69, 9.17) is 4.74 Å². The van der Waals surface area contributed by atoms with Gasteiger partial charge in [0.25, 0.3) is 0 Å². The fourth-order valence-electron chi connectivity index (χ4n) is 3.32. The molecule has 0 saturated carbocycles. The SMILES string of the molecule is O=C(Nc1ccc(C(F)(F)F)cc1)N1CCCC(N2CCOCC2)C1. The lowest BCUT2D eigenvalue weighted by molar-refractivity contribution is -0.137. The molecule has 1 N–H and O–H groups in total. The van der Waals surface area contributed by atoms with Gasteiger partial charge in [-0.15, -0.1) is 0 Å². The molecule has 25 heavy (non-hydrogen) atoms. The third kappa shape index (κ3) is 4.64. The Balaban J connectivity index is 1.57. The van der Waals surface area contributed by atoms with Gasteiger partial charge in [-0.3, -0.25) is 4.90 Å². The van der Waals surface area contributed by atoms with Gasteiger partial charge in [0, 0.05) is 37.9 Å². The van der Waals surface area contributed by atoms with Crippen LogP contribution in [0.15, 0.2) is 24.3 Å². The highest BCUT2D eigenvalue weighted by atomic mass is 19.4. The van der Waals surface area contributed by atoms with Gasteiger partial charge in [0.05, 0.1) is 18.8 Å². The number of alkyl halides is 3. The number of piperidine rings is 1. The lowest BCUT2D eigenvalue weighted by Crippen LogP contribution is -2.53. The van der Waals surface area contributed by atoms with Crippen LogP contribution in [0, 0.1) is 0 Å². The molecule has 0 radical (unpaired) electrons. The van der Waals surface area contributed by atoms with Crippen LogP contribution >= 0.6 is 0 Å². The highest BCUT2D eigenvalue weighted by molar-refractivity contribution is 5.89. The minimum atomic E-state index is -4.37. The van der Waals surface area contributed by atoms with Crippen molar-refractivity contribution in [3.63, 3.8) is 0 Å². The Hall–Kier alpha value is -1.80. The van der Waals surface area contributed by atoms with Gasteiger partial charge >= 0.3 is 12.2 Å². The number of carbonyl (C=O) groups excluding carboxylic acids is 1. The number of carbonyl (C=O) groups is 1. The molecule has 0 aromatic heterocycles. The number of anilines is 1. The molecule has 1 aromatic carbocycles. The summed E-state index contributed by atoms with van der Waals surface area (Å²) in [6.45, 7) is 4.47. The van der Waals surface area contributed by atoms with Crippen LogP contribution in [-0.2, 0) is 10.9 Å². The number of benzene rings is 1. The molecule has 2 saturated heterocycles. The van der Waals surface area contributed by atoms with Gasteiger partial charge in [0.15, 0.2) is 0 Å². The molecule has 138 valence electrons. The maximum absolute atomic E-state index is 12.6. The standard InChI is InChI=1S/C17H22F3N3O2/c18-17(19,20)13-3-5-14(6-4-13)21-16(24)23-7-1-2-15(12-23)22-8-10-25-11-9-22/h3-6,15H,1-2,7-12H2,(H,21,24). The van der Waals surface area contributed by atoms with Crippen molar-refractivity contribution in [2.75, 3.05) is 44.7 Å². The highest BCUT2D eigenvalue weighted by Crippen LogP contribution is 2.30. The second-order valence-corrected chi connectivity index (χ2v) is 6.40. The topological polar surface area (TPSA) is 44.8 Å². The molecule has 2 aliphatic heterocycles. The van der Waals surface area contributed by atoms with Crippen LogP contribution in [0.2, 0.25) is 0 Å². The van der Waals surface area contributed by atoms with E-state index in [0.29, 0.717) is 38.0 Å².